The minimum absolute atomic E-state index is 0.148. The Morgan fingerprint density at radius 2 is 2.33 bits per heavy atom. The van der Waals surface area contributed by atoms with Crippen LogP contribution in [-0.4, -0.2) is 27.6 Å². The maximum Gasteiger partial charge on any atom is 0.289 e. The SMILES string of the molecule is CCn1cc(CN(C)C(=O)c2ccc(Br)o2)cn1. The first-order chi connectivity index (χ1) is 8.60. The molecule has 0 spiro atoms. The van der Waals surface area contributed by atoms with Crippen LogP contribution in [0.5, 0.6) is 0 Å². The van der Waals surface area contributed by atoms with Crippen molar-refractivity contribution in [1.82, 2.24) is 14.7 Å². The van der Waals surface area contributed by atoms with E-state index in [0.29, 0.717) is 17.0 Å². The molecule has 0 fully saturated rings. The zero-order valence-electron chi connectivity index (χ0n) is 10.3. The monoisotopic (exact) mass is 311 g/mol. The normalized spacial score (nSPS) is 10.6. The fourth-order valence-electron chi connectivity index (χ4n) is 1.62. The van der Waals surface area contributed by atoms with Gasteiger partial charge in [-0.05, 0) is 35.0 Å². The van der Waals surface area contributed by atoms with E-state index in [2.05, 4.69) is 21.0 Å². The molecule has 0 aromatic carbocycles. The van der Waals surface area contributed by atoms with Crippen LogP contribution < -0.4 is 0 Å². The average molecular weight is 312 g/mol. The summed E-state index contributed by atoms with van der Waals surface area (Å²) in [5.41, 5.74) is 0.998. The Labute approximate surface area is 114 Å². The molecule has 2 aromatic heterocycles. The Morgan fingerprint density at radius 3 is 2.89 bits per heavy atom. The van der Waals surface area contributed by atoms with E-state index in [1.165, 1.54) is 0 Å². The molecule has 1 amide bonds. The first-order valence-corrected chi connectivity index (χ1v) is 6.41. The molecule has 2 aromatic rings. The maximum atomic E-state index is 12.0. The zero-order chi connectivity index (χ0) is 13.1. The van der Waals surface area contributed by atoms with Crippen LogP contribution in [0.25, 0.3) is 0 Å². The van der Waals surface area contributed by atoms with Gasteiger partial charge in [0.15, 0.2) is 10.4 Å². The topological polar surface area (TPSA) is 51.3 Å². The molecule has 18 heavy (non-hydrogen) atoms. The van der Waals surface area contributed by atoms with Gasteiger partial charge in [-0.15, -0.1) is 0 Å². The van der Waals surface area contributed by atoms with Crippen molar-refractivity contribution in [3.05, 3.63) is 40.5 Å². The summed E-state index contributed by atoms with van der Waals surface area (Å²) < 4.78 is 7.62. The highest BCUT2D eigenvalue weighted by atomic mass is 79.9. The van der Waals surface area contributed by atoms with Gasteiger partial charge in [-0.1, -0.05) is 0 Å². The van der Waals surface area contributed by atoms with E-state index in [0.717, 1.165) is 12.1 Å². The highest BCUT2D eigenvalue weighted by Gasteiger charge is 2.16. The first-order valence-electron chi connectivity index (χ1n) is 5.62. The molecule has 5 nitrogen and oxygen atoms in total. The largest absolute Gasteiger partial charge is 0.444 e. The lowest BCUT2D eigenvalue weighted by atomic mass is 10.3. The van der Waals surface area contributed by atoms with E-state index in [4.69, 9.17) is 4.42 Å². The van der Waals surface area contributed by atoms with Crippen LogP contribution in [0.15, 0.2) is 33.6 Å². The highest BCUT2D eigenvalue weighted by Crippen LogP contribution is 2.16. The molecular weight excluding hydrogens is 298 g/mol. The third kappa shape index (κ3) is 2.81. The van der Waals surface area contributed by atoms with Crippen molar-refractivity contribution < 1.29 is 9.21 Å². The van der Waals surface area contributed by atoms with Gasteiger partial charge in [-0.2, -0.15) is 5.10 Å². The third-order valence-corrected chi connectivity index (χ3v) is 2.99. The summed E-state index contributed by atoms with van der Waals surface area (Å²) in [5, 5.41) is 4.17. The molecule has 0 bridgehead atoms. The summed E-state index contributed by atoms with van der Waals surface area (Å²) in [6, 6.07) is 3.36. The van der Waals surface area contributed by atoms with Crippen LogP contribution in [-0.2, 0) is 13.1 Å². The Bertz CT molecular complexity index is 547. The molecule has 0 unspecified atom stereocenters. The second-order valence-corrected chi connectivity index (χ2v) is 4.75. The van der Waals surface area contributed by atoms with Gasteiger partial charge in [0.2, 0.25) is 0 Å². The molecule has 0 aliphatic rings. The second-order valence-electron chi connectivity index (χ2n) is 3.97. The number of hydrogen-bond donors (Lipinski definition) is 0. The lowest BCUT2D eigenvalue weighted by molar-refractivity contribution is 0.0752. The summed E-state index contributed by atoms with van der Waals surface area (Å²) in [7, 11) is 1.74. The summed E-state index contributed by atoms with van der Waals surface area (Å²) in [6.45, 7) is 3.35. The van der Waals surface area contributed by atoms with Gasteiger partial charge in [-0.25, -0.2) is 0 Å². The maximum absolute atomic E-state index is 12.0. The summed E-state index contributed by atoms with van der Waals surface area (Å²) in [4.78, 5) is 13.6. The van der Waals surface area contributed by atoms with E-state index in [-0.39, 0.29) is 5.91 Å². The smallest absolute Gasteiger partial charge is 0.289 e. The molecule has 0 radical (unpaired) electrons. The van der Waals surface area contributed by atoms with Gasteiger partial charge in [-0.3, -0.25) is 9.48 Å². The molecule has 0 N–H and O–H groups in total. The summed E-state index contributed by atoms with van der Waals surface area (Å²) >= 11 is 3.18. The van der Waals surface area contributed by atoms with E-state index >= 15 is 0 Å². The quantitative estimate of drug-likeness (QED) is 0.872. The minimum atomic E-state index is -0.148. The Hall–Kier alpha value is -1.56. The molecular formula is C12H14BrN3O2. The first kappa shape index (κ1) is 12.9. The van der Waals surface area contributed by atoms with Crippen LogP contribution in [0, 0.1) is 0 Å². The van der Waals surface area contributed by atoms with Gasteiger partial charge >= 0.3 is 0 Å². The highest BCUT2D eigenvalue weighted by molar-refractivity contribution is 9.10. The lowest BCUT2D eigenvalue weighted by Gasteiger charge is -2.14. The molecule has 2 rings (SSSR count). The standard InChI is InChI=1S/C12H14BrN3O2/c1-3-16-8-9(6-14-16)7-15(2)12(17)10-4-5-11(13)18-10/h4-6,8H,3,7H2,1-2H3. The Morgan fingerprint density at radius 1 is 1.56 bits per heavy atom. The number of halogens is 1. The third-order valence-electron chi connectivity index (χ3n) is 2.56. The van der Waals surface area contributed by atoms with Crippen LogP contribution in [0.2, 0.25) is 0 Å². The van der Waals surface area contributed by atoms with Crippen molar-refractivity contribution in [2.75, 3.05) is 7.05 Å². The van der Waals surface area contributed by atoms with E-state index in [1.54, 1.807) is 30.3 Å². The van der Waals surface area contributed by atoms with Gasteiger partial charge < -0.3 is 9.32 Å². The van der Waals surface area contributed by atoms with Gasteiger partial charge in [0, 0.05) is 31.9 Å². The van der Waals surface area contributed by atoms with E-state index in [9.17, 15) is 4.79 Å². The lowest BCUT2D eigenvalue weighted by Crippen LogP contribution is -2.25. The zero-order valence-corrected chi connectivity index (χ0v) is 11.8. The molecule has 6 heteroatoms. The van der Waals surface area contributed by atoms with Crippen molar-refractivity contribution >= 4 is 21.8 Å². The molecule has 0 atom stereocenters. The number of aryl methyl sites for hydroxylation is 1. The van der Waals surface area contributed by atoms with Gasteiger partial charge in [0.1, 0.15) is 0 Å². The number of carbonyl (C=O) groups excluding carboxylic acids is 1. The van der Waals surface area contributed by atoms with E-state index in [1.807, 2.05) is 17.8 Å². The number of rotatable bonds is 4. The second kappa shape index (κ2) is 5.39. The van der Waals surface area contributed by atoms with Crippen LogP contribution >= 0.6 is 15.9 Å². The van der Waals surface area contributed by atoms with Crippen LogP contribution in [0.4, 0.5) is 0 Å². The molecule has 2 heterocycles. The fraction of sp³-hybridized carbons (Fsp3) is 0.333. The number of carbonyl (C=O) groups is 1. The summed E-state index contributed by atoms with van der Waals surface area (Å²) in [6.07, 6.45) is 3.70. The number of amides is 1. The molecule has 0 saturated carbocycles. The predicted molar refractivity (Wildman–Crippen MR) is 70.1 cm³/mol. The van der Waals surface area contributed by atoms with Crippen molar-refractivity contribution in [3.8, 4) is 0 Å². The number of furan rings is 1. The Balaban J connectivity index is 2.03. The van der Waals surface area contributed by atoms with Crippen LogP contribution in [0.3, 0.4) is 0 Å². The summed E-state index contributed by atoms with van der Waals surface area (Å²) in [5.74, 6) is 0.178. The van der Waals surface area contributed by atoms with E-state index < -0.39 is 0 Å². The van der Waals surface area contributed by atoms with Crippen LogP contribution in [0.1, 0.15) is 23.0 Å². The van der Waals surface area contributed by atoms with Crippen molar-refractivity contribution in [2.24, 2.45) is 0 Å². The molecule has 0 saturated heterocycles. The van der Waals surface area contributed by atoms with Gasteiger partial charge in [0.05, 0.1) is 6.20 Å². The fourth-order valence-corrected chi connectivity index (χ4v) is 1.93. The number of hydrogen-bond acceptors (Lipinski definition) is 3. The number of aromatic nitrogens is 2. The minimum Gasteiger partial charge on any atom is -0.444 e. The van der Waals surface area contributed by atoms with Crippen molar-refractivity contribution in [3.63, 3.8) is 0 Å². The van der Waals surface area contributed by atoms with Crippen molar-refractivity contribution in [2.45, 2.75) is 20.0 Å². The number of nitrogens with zero attached hydrogens (tertiary/aromatic N) is 3. The Kier molecular flexibility index (Phi) is 3.86. The molecule has 0 aliphatic carbocycles. The van der Waals surface area contributed by atoms with Crippen molar-refractivity contribution in [1.29, 1.82) is 0 Å². The average Bonchev–Trinajstić information content (AvgIpc) is 2.97. The molecule has 96 valence electrons. The van der Waals surface area contributed by atoms with Gasteiger partial charge in [0.25, 0.3) is 5.91 Å². The predicted octanol–water partition coefficient (Wildman–Crippen LogP) is 2.53. The molecule has 0 aliphatic heterocycles.